The van der Waals surface area contributed by atoms with Gasteiger partial charge in [-0.1, -0.05) is 27.2 Å². The summed E-state index contributed by atoms with van der Waals surface area (Å²) in [6.45, 7) is 6.56. The molecule has 5 nitrogen and oxygen atoms in total. The molecule has 0 aromatic heterocycles. The minimum atomic E-state index is -0.717. The van der Waals surface area contributed by atoms with Gasteiger partial charge in [0.15, 0.2) is 0 Å². The maximum absolute atomic E-state index is 12.1. The minimum absolute atomic E-state index is 0.00147. The number of nitrogens with two attached hydrogens (primary N) is 1. The van der Waals surface area contributed by atoms with E-state index in [-0.39, 0.29) is 35.3 Å². The van der Waals surface area contributed by atoms with E-state index in [0.717, 1.165) is 44.9 Å². The monoisotopic (exact) mass is 407 g/mol. The van der Waals surface area contributed by atoms with E-state index >= 15 is 0 Å². The predicted octanol–water partition coefficient (Wildman–Crippen LogP) is 3.42. The van der Waals surface area contributed by atoms with Gasteiger partial charge in [-0.25, -0.2) is 0 Å². The van der Waals surface area contributed by atoms with Crippen molar-refractivity contribution in [2.45, 2.75) is 96.8 Å². The molecule has 0 radical (unpaired) electrons. The molecule has 29 heavy (non-hydrogen) atoms. The quantitative estimate of drug-likeness (QED) is 0.572. The minimum Gasteiger partial charge on any atom is -0.481 e. The van der Waals surface area contributed by atoms with E-state index in [1.165, 1.54) is 0 Å². The van der Waals surface area contributed by atoms with Crippen molar-refractivity contribution in [2.24, 2.45) is 52.1 Å². The van der Waals surface area contributed by atoms with Gasteiger partial charge in [-0.05, 0) is 86.4 Å². The van der Waals surface area contributed by atoms with Crippen molar-refractivity contribution in [3.8, 4) is 0 Å². The molecular formula is C24H41NO4. The van der Waals surface area contributed by atoms with E-state index in [2.05, 4.69) is 13.8 Å². The van der Waals surface area contributed by atoms with Crippen LogP contribution in [0.1, 0.15) is 78.6 Å². The van der Waals surface area contributed by atoms with Crippen LogP contribution in [0.3, 0.4) is 0 Å². The summed E-state index contributed by atoms with van der Waals surface area (Å²) in [6, 6.07) is 0.233. The first-order valence-electron chi connectivity index (χ1n) is 12.0. The second-order valence-electron chi connectivity index (χ2n) is 11.4. The molecular weight excluding hydrogens is 366 g/mol. The van der Waals surface area contributed by atoms with Crippen molar-refractivity contribution in [1.82, 2.24) is 0 Å². The third-order valence-electron chi connectivity index (χ3n) is 10.3. The van der Waals surface area contributed by atoms with Gasteiger partial charge in [0.25, 0.3) is 0 Å². The molecule has 4 saturated carbocycles. The lowest BCUT2D eigenvalue weighted by molar-refractivity contribution is -0.203. The van der Waals surface area contributed by atoms with Gasteiger partial charge in [-0.2, -0.15) is 0 Å². The number of aliphatic hydroxyl groups excluding tert-OH is 2. The third-order valence-corrected chi connectivity index (χ3v) is 10.3. The SMILES string of the molecule is CCCC(C(=O)O)C1CCC2C3C(O)CC4CC(N)CCC4(C)C3CC(O)C12C. The molecule has 11 atom stereocenters. The maximum Gasteiger partial charge on any atom is 0.306 e. The Bertz CT molecular complexity index is 640. The fraction of sp³-hybridized carbons (Fsp3) is 0.958. The Labute approximate surface area is 175 Å². The Kier molecular flexibility index (Phi) is 5.57. The Hall–Kier alpha value is -0.650. The Balaban J connectivity index is 1.67. The fourth-order valence-electron chi connectivity index (χ4n) is 8.73. The van der Waals surface area contributed by atoms with Crippen molar-refractivity contribution >= 4 is 5.97 Å². The van der Waals surface area contributed by atoms with E-state index in [4.69, 9.17) is 5.73 Å². The summed E-state index contributed by atoms with van der Waals surface area (Å²) in [5.41, 5.74) is 6.00. The van der Waals surface area contributed by atoms with Gasteiger partial charge in [-0.15, -0.1) is 0 Å². The molecule has 5 N–H and O–H groups in total. The third kappa shape index (κ3) is 3.10. The summed E-state index contributed by atoms with van der Waals surface area (Å²) < 4.78 is 0. The summed E-state index contributed by atoms with van der Waals surface area (Å²) >= 11 is 0. The number of carboxylic acid groups (broad SMARTS) is 1. The van der Waals surface area contributed by atoms with Crippen LogP contribution >= 0.6 is 0 Å². The van der Waals surface area contributed by atoms with Crippen LogP contribution in [0.5, 0.6) is 0 Å². The van der Waals surface area contributed by atoms with Crippen LogP contribution in [-0.2, 0) is 4.79 Å². The van der Waals surface area contributed by atoms with E-state index < -0.39 is 23.4 Å². The normalized spacial score (nSPS) is 52.9. The molecule has 4 aliphatic rings. The van der Waals surface area contributed by atoms with Gasteiger partial charge in [-0.3, -0.25) is 4.79 Å². The Morgan fingerprint density at radius 1 is 1.10 bits per heavy atom. The summed E-state index contributed by atoms with van der Waals surface area (Å²) in [5, 5.41) is 32.7. The number of fused-ring (bicyclic) bond motifs is 5. The topological polar surface area (TPSA) is 104 Å². The smallest absolute Gasteiger partial charge is 0.306 e. The molecule has 0 saturated heterocycles. The van der Waals surface area contributed by atoms with Crippen LogP contribution in [-0.4, -0.2) is 39.5 Å². The number of hydrogen-bond acceptors (Lipinski definition) is 4. The van der Waals surface area contributed by atoms with E-state index in [0.29, 0.717) is 24.7 Å². The first kappa shape index (κ1) is 21.6. The lowest BCUT2D eigenvalue weighted by atomic mass is 9.43. The Morgan fingerprint density at radius 3 is 2.48 bits per heavy atom. The fourth-order valence-corrected chi connectivity index (χ4v) is 8.73. The highest BCUT2D eigenvalue weighted by Crippen LogP contribution is 2.68. The van der Waals surface area contributed by atoms with Crippen molar-refractivity contribution < 1.29 is 20.1 Å². The van der Waals surface area contributed by atoms with E-state index in [1.807, 2.05) is 6.92 Å². The zero-order chi connectivity index (χ0) is 21.1. The van der Waals surface area contributed by atoms with Crippen molar-refractivity contribution in [1.29, 1.82) is 0 Å². The van der Waals surface area contributed by atoms with Crippen LogP contribution in [0.2, 0.25) is 0 Å². The second kappa shape index (κ2) is 7.49. The second-order valence-corrected chi connectivity index (χ2v) is 11.4. The van der Waals surface area contributed by atoms with E-state index in [1.54, 1.807) is 0 Å². The molecule has 166 valence electrons. The van der Waals surface area contributed by atoms with Crippen LogP contribution in [0.4, 0.5) is 0 Å². The van der Waals surface area contributed by atoms with Gasteiger partial charge >= 0.3 is 5.97 Å². The molecule has 5 heteroatoms. The average Bonchev–Trinajstić information content (AvgIpc) is 3.00. The number of hydrogen-bond donors (Lipinski definition) is 4. The van der Waals surface area contributed by atoms with Crippen molar-refractivity contribution in [3.63, 3.8) is 0 Å². The maximum atomic E-state index is 12.1. The molecule has 4 aliphatic carbocycles. The molecule has 0 heterocycles. The standard InChI is InChI=1S/C24H41NO4/c1-4-5-15(22(28)29)16-6-7-17-21-18(12-20(27)24(16,17)3)23(2)9-8-14(25)10-13(23)11-19(21)26/h13-21,26-27H,4-12,25H2,1-3H3,(H,28,29). The van der Waals surface area contributed by atoms with E-state index in [9.17, 15) is 20.1 Å². The predicted molar refractivity (Wildman–Crippen MR) is 112 cm³/mol. The molecule has 4 fully saturated rings. The lowest BCUT2D eigenvalue weighted by Crippen LogP contribution is -2.62. The number of aliphatic hydroxyl groups is 2. The largest absolute Gasteiger partial charge is 0.481 e. The zero-order valence-electron chi connectivity index (χ0n) is 18.4. The highest BCUT2D eigenvalue weighted by Gasteiger charge is 2.66. The highest BCUT2D eigenvalue weighted by molar-refractivity contribution is 5.70. The number of carboxylic acids is 1. The zero-order valence-corrected chi connectivity index (χ0v) is 18.4. The van der Waals surface area contributed by atoms with Crippen LogP contribution in [0, 0.1) is 46.3 Å². The van der Waals surface area contributed by atoms with Crippen LogP contribution in [0.25, 0.3) is 0 Å². The molecule has 0 aliphatic heterocycles. The molecule has 11 unspecified atom stereocenters. The summed E-state index contributed by atoms with van der Waals surface area (Å²) in [7, 11) is 0. The molecule has 0 aromatic carbocycles. The molecule has 0 amide bonds. The van der Waals surface area contributed by atoms with Gasteiger partial charge in [0, 0.05) is 11.5 Å². The number of carbonyl (C=O) groups is 1. The highest BCUT2D eigenvalue weighted by atomic mass is 16.4. The molecule has 4 rings (SSSR count). The van der Waals surface area contributed by atoms with Crippen molar-refractivity contribution in [2.75, 3.05) is 0 Å². The van der Waals surface area contributed by atoms with Crippen LogP contribution in [0.15, 0.2) is 0 Å². The number of rotatable bonds is 4. The summed E-state index contributed by atoms with van der Waals surface area (Å²) in [5.74, 6) is 0.0263. The van der Waals surface area contributed by atoms with Crippen LogP contribution < -0.4 is 5.73 Å². The van der Waals surface area contributed by atoms with Gasteiger partial charge < -0.3 is 21.1 Å². The average molecular weight is 408 g/mol. The number of aliphatic carboxylic acids is 1. The van der Waals surface area contributed by atoms with Gasteiger partial charge in [0.2, 0.25) is 0 Å². The molecule has 0 spiro atoms. The molecule has 0 aromatic rings. The lowest BCUT2D eigenvalue weighted by Gasteiger charge is -2.63. The summed E-state index contributed by atoms with van der Waals surface area (Å²) in [4.78, 5) is 12.1. The summed E-state index contributed by atoms with van der Waals surface area (Å²) in [6.07, 6.45) is 7.08. The van der Waals surface area contributed by atoms with Crippen molar-refractivity contribution in [3.05, 3.63) is 0 Å². The molecule has 0 bridgehead atoms. The Morgan fingerprint density at radius 2 is 1.83 bits per heavy atom. The first-order valence-corrected chi connectivity index (χ1v) is 12.0. The van der Waals surface area contributed by atoms with Gasteiger partial charge in [0.1, 0.15) is 0 Å². The van der Waals surface area contributed by atoms with Gasteiger partial charge in [0.05, 0.1) is 18.1 Å². The first-order chi connectivity index (χ1) is 13.6.